The molecule has 2 saturated carbocycles. The van der Waals surface area contributed by atoms with Crippen molar-refractivity contribution in [3.8, 4) is 0 Å². The number of hydrogen-bond donors (Lipinski definition) is 1. The molecule has 3 nitrogen and oxygen atoms in total. The summed E-state index contributed by atoms with van der Waals surface area (Å²) in [6.07, 6.45) is 8.98. The number of rotatable bonds is 5. The van der Waals surface area contributed by atoms with Gasteiger partial charge in [0.25, 0.3) is 0 Å². The van der Waals surface area contributed by atoms with Gasteiger partial charge in [0.1, 0.15) is 0 Å². The summed E-state index contributed by atoms with van der Waals surface area (Å²) in [6.45, 7) is 3.78. The lowest BCUT2D eigenvalue weighted by atomic mass is 9.94. The number of nitrogens with one attached hydrogen (secondary N) is 1. The minimum atomic E-state index is 0.231. The van der Waals surface area contributed by atoms with Crippen LogP contribution in [0.25, 0.3) is 0 Å². The fraction of sp³-hybridized carbons (Fsp3) is 0.923. The van der Waals surface area contributed by atoms with Gasteiger partial charge in [0.2, 0.25) is 5.91 Å². The van der Waals surface area contributed by atoms with Gasteiger partial charge < -0.3 is 5.32 Å². The molecule has 0 spiro atoms. The van der Waals surface area contributed by atoms with E-state index in [1.165, 1.54) is 44.9 Å². The highest BCUT2D eigenvalue weighted by molar-refractivity contribution is 5.78. The lowest BCUT2D eigenvalue weighted by Gasteiger charge is -2.32. The number of likely N-dealkylation sites (N-methyl/N-ethyl adjacent to an activating group) is 1. The Morgan fingerprint density at radius 2 is 1.88 bits per heavy atom. The third kappa shape index (κ3) is 3.48. The van der Waals surface area contributed by atoms with Crippen LogP contribution < -0.4 is 5.32 Å². The monoisotopic (exact) mass is 224 g/mol. The second-order valence-corrected chi connectivity index (χ2v) is 5.20. The van der Waals surface area contributed by atoms with Crippen molar-refractivity contribution in [3.05, 3.63) is 0 Å². The van der Waals surface area contributed by atoms with E-state index in [9.17, 15) is 4.79 Å². The van der Waals surface area contributed by atoms with E-state index in [2.05, 4.69) is 17.1 Å². The first-order chi connectivity index (χ1) is 7.79. The van der Waals surface area contributed by atoms with Crippen molar-refractivity contribution < 1.29 is 4.79 Å². The SMILES string of the molecule is CCN(CC(=O)NC1CC1)C1CCCCC1. The molecule has 92 valence electrons. The molecule has 2 fully saturated rings. The summed E-state index contributed by atoms with van der Waals surface area (Å²) in [7, 11) is 0. The second kappa shape index (κ2) is 5.67. The van der Waals surface area contributed by atoms with Crippen LogP contribution in [-0.4, -0.2) is 36.0 Å². The quantitative estimate of drug-likeness (QED) is 0.774. The zero-order valence-corrected chi connectivity index (χ0v) is 10.4. The molecule has 0 aromatic carbocycles. The molecule has 0 unspecified atom stereocenters. The molecular formula is C13H24N2O. The van der Waals surface area contributed by atoms with E-state index in [0.717, 1.165) is 6.54 Å². The Labute approximate surface area is 98.6 Å². The van der Waals surface area contributed by atoms with Crippen molar-refractivity contribution in [2.45, 2.75) is 64.0 Å². The predicted octanol–water partition coefficient (Wildman–Crippen LogP) is 1.92. The molecule has 0 aromatic heterocycles. The summed E-state index contributed by atoms with van der Waals surface area (Å²) in [5, 5.41) is 3.08. The Morgan fingerprint density at radius 3 is 2.44 bits per heavy atom. The van der Waals surface area contributed by atoms with Crippen molar-refractivity contribution >= 4 is 5.91 Å². The Hall–Kier alpha value is -0.570. The minimum absolute atomic E-state index is 0.231. The normalized spacial score (nSPS) is 22.4. The summed E-state index contributed by atoms with van der Waals surface area (Å²) in [6, 6.07) is 1.15. The minimum Gasteiger partial charge on any atom is -0.352 e. The molecule has 0 aliphatic heterocycles. The van der Waals surface area contributed by atoms with Crippen LogP contribution in [0.5, 0.6) is 0 Å². The van der Waals surface area contributed by atoms with E-state index in [4.69, 9.17) is 0 Å². The topological polar surface area (TPSA) is 32.3 Å². The van der Waals surface area contributed by atoms with Crippen molar-refractivity contribution in [1.29, 1.82) is 0 Å². The zero-order chi connectivity index (χ0) is 11.4. The van der Waals surface area contributed by atoms with E-state index in [-0.39, 0.29) is 5.91 Å². The zero-order valence-electron chi connectivity index (χ0n) is 10.4. The van der Waals surface area contributed by atoms with Crippen molar-refractivity contribution in [1.82, 2.24) is 10.2 Å². The number of amides is 1. The molecule has 0 aromatic rings. The number of nitrogens with zero attached hydrogens (tertiary/aromatic N) is 1. The Bertz CT molecular complexity index is 232. The van der Waals surface area contributed by atoms with Gasteiger partial charge in [-0.1, -0.05) is 26.2 Å². The molecule has 2 aliphatic carbocycles. The number of carbonyl (C=O) groups excluding carboxylic acids is 1. The van der Waals surface area contributed by atoms with Crippen LogP contribution in [-0.2, 0) is 4.79 Å². The predicted molar refractivity (Wildman–Crippen MR) is 65.3 cm³/mol. The molecule has 16 heavy (non-hydrogen) atoms. The Balaban J connectivity index is 1.76. The highest BCUT2D eigenvalue weighted by Crippen LogP contribution is 2.22. The smallest absolute Gasteiger partial charge is 0.234 e. The van der Waals surface area contributed by atoms with Crippen molar-refractivity contribution in [2.24, 2.45) is 0 Å². The maximum Gasteiger partial charge on any atom is 0.234 e. The van der Waals surface area contributed by atoms with Crippen molar-refractivity contribution in [3.63, 3.8) is 0 Å². The van der Waals surface area contributed by atoms with Gasteiger partial charge in [-0.05, 0) is 32.2 Å². The molecule has 0 heterocycles. The van der Waals surface area contributed by atoms with Gasteiger partial charge >= 0.3 is 0 Å². The van der Waals surface area contributed by atoms with Gasteiger partial charge in [-0.2, -0.15) is 0 Å². The number of hydrogen-bond acceptors (Lipinski definition) is 2. The van der Waals surface area contributed by atoms with Crippen LogP contribution in [0, 0.1) is 0 Å². The molecule has 0 atom stereocenters. The van der Waals surface area contributed by atoms with Gasteiger partial charge in [0.05, 0.1) is 6.54 Å². The van der Waals surface area contributed by atoms with Gasteiger partial charge in [-0.25, -0.2) is 0 Å². The molecule has 2 aliphatic rings. The van der Waals surface area contributed by atoms with E-state index in [1.54, 1.807) is 0 Å². The average molecular weight is 224 g/mol. The van der Waals surface area contributed by atoms with E-state index >= 15 is 0 Å². The van der Waals surface area contributed by atoms with Gasteiger partial charge in [0, 0.05) is 12.1 Å². The lowest BCUT2D eigenvalue weighted by molar-refractivity contribution is -0.123. The van der Waals surface area contributed by atoms with Crippen LogP contribution in [0.3, 0.4) is 0 Å². The highest BCUT2D eigenvalue weighted by atomic mass is 16.2. The summed E-state index contributed by atoms with van der Waals surface area (Å²) in [5.41, 5.74) is 0. The van der Waals surface area contributed by atoms with E-state index < -0.39 is 0 Å². The molecule has 1 amide bonds. The third-order valence-corrected chi connectivity index (χ3v) is 3.79. The van der Waals surface area contributed by atoms with Crippen LogP contribution >= 0.6 is 0 Å². The second-order valence-electron chi connectivity index (χ2n) is 5.20. The molecular weight excluding hydrogens is 200 g/mol. The highest BCUT2D eigenvalue weighted by Gasteiger charge is 2.26. The van der Waals surface area contributed by atoms with Crippen LogP contribution in [0.1, 0.15) is 51.9 Å². The summed E-state index contributed by atoms with van der Waals surface area (Å²) in [4.78, 5) is 14.1. The lowest BCUT2D eigenvalue weighted by Crippen LogP contribution is -2.44. The molecule has 1 N–H and O–H groups in total. The standard InChI is InChI=1S/C13H24N2O/c1-2-15(12-6-4-3-5-7-12)10-13(16)14-11-8-9-11/h11-12H,2-10H2,1H3,(H,14,16). The average Bonchev–Trinajstić information content (AvgIpc) is 3.11. The Kier molecular flexibility index (Phi) is 4.22. The molecule has 0 saturated heterocycles. The number of carbonyl (C=O) groups is 1. The summed E-state index contributed by atoms with van der Waals surface area (Å²) < 4.78 is 0. The van der Waals surface area contributed by atoms with E-state index in [1.807, 2.05) is 0 Å². The largest absolute Gasteiger partial charge is 0.352 e. The van der Waals surface area contributed by atoms with Gasteiger partial charge in [-0.15, -0.1) is 0 Å². The molecule has 2 rings (SSSR count). The molecule has 0 radical (unpaired) electrons. The fourth-order valence-electron chi connectivity index (χ4n) is 2.63. The summed E-state index contributed by atoms with van der Waals surface area (Å²) >= 11 is 0. The first-order valence-electron chi connectivity index (χ1n) is 6.83. The van der Waals surface area contributed by atoms with Gasteiger partial charge in [0.15, 0.2) is 0 Å². The van der Waals surface area contributed by atoms with Crippen molar-refractivity contribution in [2.75, 3.05) is 13.1 Å². The van der Waals surface area contributed by atoms with Crippen LogP contribution in [0.4, 0.5) is 0 Å². The maximum absolute atomic E-state index is 11.8. The third-order valence-electron chi connectivity index (χ3n) is 3.79. The summed E-state index contributed by atoms with van der Waals surface area (Å²) in [5.74, 6) is 0.231. The molecule has 3 heteroatoms. The van der Waals surface area contributed by atoms with E-state index in [0.29, 0.717) is 18.6 Å². The van der Waals surface area contributed by atoms with Crippen LogP contribution in [0.15, 0.2) is 0 Å². The fourth-order valence-corrected chi connectivity index (χ4v) is 2.63. The van der Waals surface area contributed by atoms with Crippen LogP contribution in [0.2, 0.25) is 0 Å². The first kappa shape index (κ1) is 11.9. The maximum atomic E-state index is 11.8. The van der Waals surface area contributed by atoms with Gasteiger partial charge in [-0.3, -0.25) is 9.69 Å². The first-order valence-corrected chi connectivity index (χ1v) is 6.83. The molecule has 0 bridgehead atoms. The Morgan fingerprint density at radius 1 is 1.19 bits per heavy atom.